The van der Waals surface area contributed by atoms with Gasteiger partial charge in [-0.2, -0.15) is 0 Å². The van der Waals surface area contributed by atoms with E-state index in [0.29, 0.717) is 5.22 Å². The summed E-state index contributed by atoms with van der Waals surface area (Å²) in [5.41, 5.74) is 5.06. The minimum Gasteiger partial charge on any atom is -0.493 e. The number of nitrogens with one attached hydrogen (secondary N) is 1. The summed E-state index contributed by atoms with van der Waals surface area (Å²) in [5, 5.41) is 6.11. The highest BCUT2D eigenvalue weighted by molar-refractivity contribution is 8.02. The van der Waals surface area contributed by atoms with Gasteiger partial charge >= 0.3 is 0 Å². The summed E-state index contributed by atoms with van der Waals surface area (Å²) in [4.78, 5) is 4.49. The fourth-order valence-electron chi connectivity index (χ4n) is 2.92. The number of fused-ring (bicyclic) bond motifs is 2. The molecule has 0 saturated carbocycles. The lowest BCUT2D eigenvalue weighted by atomic mass is 9.98. The monoisotopic (exact) mass is 354 g/mol. The van der Waals surface area contributed by atoms with Gasteiger partial charge in [0, 0.05) is 23.2 Å². The van der Waals surface area contributed by atoms with Gasteiger partial charge in [-0.3, -0.25) is 0 Å². The Hall–Kier alpha value is -2.60. The molecular weight excluding hydrogens is 336 g/mol. The molecular formula is C19H18N2O3S. The van der Waals surface area contributed by atoms with Crippen molar-refractivity contribution >= 4 is 28.6 Å². The van der Waals surface area contributed by atoms with Crippen molar-refractivity contribution in [3.8, 4) is 11.5 Å². The molecule has 6 heteroatoms. The standard InChI is InChI=1S/C19H18N2O3S/c1-22-17-9-12-7-8-20-15(13(12)10-18(17)23-2)11-25-19-21-14-5-3-4-6-16(14)24-19/h3-6,9-11,20H,7-8H2,1-2H3. The van der Waals surface area contributed by atoms with Gasteiger partial charge in [0.05, 0.1) is 14.2 Å². The molecule has 2 aromatic carbocycles. The number of hydrogen-bond acceptors (Lipinski definition) is 6. The van der Waals surface area contributed by atoms with E-state index in [1.807, 2.05) is 41.8 Å². The lowest BCUT2D eigenvalue weighted by Crippen LogP contribution is -2.22. The van der Waals surface area contributed by atoms with E-state index in [0.717, 1.165) is 46.8 Å². The van der Waals surface area contributed by atoms with Crippen LogP contribution in [0.15, 0.2) is 51.4 Å². The molecule has 1 aliphatic rings. The molecule has 1 aliphatic heterocycles. The molecule has 0 amide bonds. The molecule has 4 rings (SSSR count). The summed E-state index contributed by atoms with van der Waals surface area (Å²) in [6.45, 7) is 0.877. The largest absolute Gasteiger partial charge is 0.493 e. The maximum Gasteiger partial charge on any atom is 0.261 e. The van der Waals surface area contributed by atoms with Crippen LogP contribution in [0.3, 0.4) is 0 Å². The molecule has 0 aliphatic carbocycles. The van der Waals surface area contributed by atoms with Crippen LogP contribution >= 0.6 is 11.8 Å². The maximum atomic E-state index is 5.76. The van der Waals surface area contributed by atoms with Gasteiger partial charge in [0.25, 0.3) is 5.22 Å². The molecule has 0 saturated heterocycles. The summed E-state index contributed by atoms with van der Waals surface area (Å²) in [6.07, 6.45) is 0.945. The Kier molecular flexibility index (Phi) is 4.28. The number of oxazole rings is 1. The van der Waals surface area contributed by atoms with Gasteiger partial charge in [-0.25, -0.2) is 4.98 Å². The first-order valence-corrected chi connectivity index (χ1v) is 8.88. The number of hydrogen-bond donors (Lipinski definition) is 1. The van der Waals surface area contributed by atoms with Crippen molar-refractivity contribution in [3.63, 3.8) is 0 Å². The molecule has 3 aromatic rings. The van der Waals surface area contributed by atoms with Crippen molar-refractivity contribution < 1.29 is 13.9 Å². The van der Waals surface area contributed by atoms with Crippen molar-refractivity contribution in [1.82, 2.24) is 10.3 Å². The molecule has 0 fully saturated rings. The lowest BCUT2D eigenvalue weighted by molar-refractivity contribution is 0.354. The van der Waals surface area contributed by atoms with Crippen molar-refractivity contribution in [1.29, 1.82) is 0 Å². The summed E-state index contributed by atoms with van der Waals surface area (Å²) >= 11 is 1.47. The van der Waals surface area contributed by atoms with E-state index in [2.05, 4.69) is 10.3 Å². The molecule has 1 N–H and O–H groups in total. The second kappa shape index (κ2) is 6.72. The fourth-order valence-corrected chi connectivity index (χ4v) is 3.64. The molecule has 0 spiro atoms. The first-order valence-electron chi connectivity index (χ1n) is 8.00. The number of nitrogens with zero attached hydrogens (tertiary/aromatic N) is 1. The van der Waals surface area contributed by atoms with E-state index in [4.69, 9.17) is 13.9 Å². The van der Waals surface area contributed by atoms with E-state index in [-0.39, 0.29) is 0 Å². The van der Waals surface area contributed by atoms with Gasteiger partial charge in [0.1, 0.15) is 5.52 Å². The summed E-state index contributed by atoms with van der Waals surface area (Å²) in [5.74, 6) is 1.48. The van der Waals surface area contributed by atoms with Gasteiger partial charge in [-0.05, 0) is 48.0 Å². The number of thioether (sulfide) groups is 1. The van der Waals surface area contributed by atoms with Gasteiger partial charge in [-0.1, -0.05) is 12.1 Å². The highest BCUT2D eigenvalue weighted by Gasteiger charge is 2.18. The highest BCUT2D eigenvalue weighted by Crippen LogP contribution is 2.36. The molecule has 25 heavy (non-hydrogen) atoms. The van der Waals surface area contributed by atoms with Gasteiger partial charge in [0.2, 0.25) is 0 Å². The summed E-state index contributed by atoms with van der Waals surface area (Å²) in [6, 6.07) is 11.8. The second-order valence-corrected chi connectivity index (χ2v) is 6.46. The minimum atomic E-state index is 0.628. The highest BCUT2D eigenvalue weighted by atomic mass is 32.2. The number of aromatic nitrogens is 1. The molecule has 1 aromatic heterocycles. The van der Waals surface area contributed by atoms with Crippen LogP contribution in [0.5, 0.6) is 11.5 Å². The van der Waals surface area contributed by atoms with Gasteiger partial charge in [-0.15, -0.1) is 0 Å². The zero-order valence-corrected chi connectivity index (χ0v) is 14.9. The topological polar surface area (TPSA) is 56.5 Å². The molecule has 5 nitrogen and oxygen atoms in total. The van der Waals surface area contributed by atoms with Gasteiger partial charge in [0.15, 0.2) is 17.1 Å². The number of methoxy groups -OCH3 is 2. The van der Waals surface area contributed by atoms with Crippen LogP contribution < -0.4 is 14.8 Å². The van der Waals surface area contributed by atoms with Crippen LogP contribution in [0, 0.1) is 0 Å². The zero-order valence-electron chi connectivity index (χ0n) is 14.0. The van der Waals surface area contributed by atoms with E-state index < -0.39 is 0 Å². The van der Waals surface area contributed by atoms with Crippen molar-refractivity contribution in [2.75, 3.05) is 20.8 Å². The Bertz CT molecular complexity index is 916. The van der Waals surface area contributed by atoms with Crippen LogP contribution in [-0.2, 0) is 6.42 Å². The first kappa shape index (κ1) is 15.9. The van der Waals surface area contributed by atoms with Crippen LogP contribution in [-0.4, -0.2) is 25.7 Å². The minimum absolute atomic E-state index is 0.628. The molecule has 0 unspecified atom stereocenters. The third-order valence-electron chi connectivity index (χ3n) is 4.16. The number of para-hydroxylation sites is 2. The van der Waals surface area contributed by atoms with Crippen LogP contribution in [0.25, 0.3) is 16.8 Å². The number of ether oxygens (including phenoxy) is 2. The predicted octanol–water partition coefficient (Wildman–Crippen LogP) is 4.08. The number of benzene rings is 2. The Morgan fingerprint density at radius 1 is 1.16 bits per heavy atom. The molecule has 2 heterocycles. The molecule has 0 atom stereocenters. The first-order chi connectivity index (χ1) is 12.3. The number of rotatable bonds is 4. The van der Waals surface area contributed by atoms with E-state index in [9.17, 15) is 0 Å². The second-order valence-electron chi connectivity index (χ2n) is 5.64. The smallest absolute Gasteiger partial charge is 0.261 e. The van der Waals surface area contributed by atoms with Crippen molar-refractivity contribution in [2.24, 2.45) is 0 Å². The third kappa shape index (κ3) is 3.05. The normalized spacial score (nSPS) is 15.0. The van der Waals surface area contributed by atoms with Gasteiger partial charge < -0.3 is 19.2 Å². The lowest BCUT2D eigenvalue weighted by Gasteiger charge is -2.22. The predicted molar refractivity (Wildman–Crippen MR) is 99.1 cm³/mol. The Labute approximate surface area is 150 Å². The molecule has 0 bridgehead atoms. The Morgan fingerprint density at radius 3 is 2.76 bits per heavy atom. The van der Waals surface area contributed by atoms with E-state index in [1.54, 1.807) is 14.2 Å². The van der Waals surface area contributed by atoms with Crippen LogP contribution in [0.4, 0.5) is 0 Å². The summed E-state index contributed by atoms with van der Waals surface area (Å²) in [7, 11) is 3.31. The summed E-state index contributed by atoms with van der Waals surface area (Å²) < 4.78 is 16.6. The molecule has 0 radical (unpaired) electrons. The fraction of sp³-hybridized carbons (Fsp3) is 0.211. The quantitative estimate of drug-likeness (QED) is 0.713. The van der Waals surface area contributed by atoms with Crippen molar-refractivity contribution in [2.45, 2.75) is 11.6 Å². The zero-order chi connectivity index (χ0) is 17.2. The maximum absolute atomic E-state index is 5.76. The van der Waals surface area contributed by atoms with Crippen molar-refractivity contribution in [3.05, 3.63) is 52.9 Å². The molecule has 128 valence electrons. The average molecular weight is 354 g/mol. The third-order valence-corrected chi connectivity index (χ3v) is 4.89. The van der Waals surface area contributed by atoms with Crippen LogP contribution in [0.2, 0.25) is 0 Å². The van der Waals surface area contributed by atoms with E-state index >= 15 is 0 Å². The Balaban J connectivity index is 1.66. The SMILES string of the molecule is COc1cc2c(cc1OC)C(=CSc1nc3ccccc3o1)NCC2. The Morgan fingerprint density at radius 2 is 1.96 bits per heavy atom. The van der Waals surface area contributed by atoms with Crippen LogP contribution in [0.1, 0.15) is 11.1 Å². The van der Waals surface area contributed by atoms with E-state index in [1.165, 1.54) is 17.3 Å². The average Bonchev–Trinajstić information content (AvgIpc) is 3.08.